The molecule has 0 fully saturated rings. The summed E-state index contributed by atoms with van der Waals surface area (Å²) in [6.45, 7) is 2.88. The third-order valence-corrected chi connectivity index (χ3v) is 4.03. The highest BCUT2D eigenvalue weighted by Crippen LogP contribution is 2.33. The van der Waals surface area contributed by atoms with Gasteiger partial charge in [0.15, 0.2) is 0 Å². The van der Waals surface area contributed by atoms with Crippen LogP contribution in [0.25, 0.3) is 0 Å². The Morgan fingerprint density at radius 2 is 2.28 bits per heavy atom. The minimum atomic E-state index is 0.172. The Labute approximate surface area is 117 Å². The van der Waals surface area contributed by atoms with E-state index in [0.717, 1.165) is 29.7 Å². The summed E-state index contributed by atoms with van der Waals surface area (Å²) in [6.07, 6.45) is 2.09. The van der Waals surface area contributed by atoms with Crippen LogP contribution in [0, 0.1) is 0 Å². The van der Waals surface area contributed by atoms with Crippen LogP contribution in [0.3, 0.4) is 0 Å². The molecule has 0 amide bonds. The maximum Gasteiger partial charge on any atom is 0.125 e. The number of fused-ring (bicyclic) bond motifs is 1. The summed E-state index contributed by atoms with van der Waals surface area (Å²) in [5.41, 5.74) is 2.56. The molecule has 0 radical (unpaired) electrons. The number of nitrogens with one attached hydrogen (secondary N) is 1. The van der Waals surface area contributed by atoms with E-state index >= 15 is 0 Å². The Balaban J connectivity index is 2.23. The Kier molecular flexibility index (Phi) is 4.65. The van der Waals surface area contributed by atoms with Crippen LogP contribution in [-0.4, -0.2) is 32.9 Å². The fourth-order valence-electron chi connectivity index (χ4n) is 2.40. The van der Waals surface area contributed by atoms with E-state index < -0.39 is 0 Å². The lowest BCUT2D eigenvalue weighted by Gasteiger charge is -2.23. The Morgan fingerprint density at radius 1 is 1.50 bits per heavy atom. The normalized spacial score (nSPS) is 17.1. The average Bonchev–Trinajstić information content (AvgIpc) is 2.82. The van der Waals surface area contributed by atoms with Crippen LogP contribution in [0.4, 0.5) is 0 Å². The van der Waals surface area contributed by atoms with Crippen LogP contribution in [0.5, 0.6) is 5.75 Å². The number of ether oxygens (including phenoxy) is 2. The lowest BCUT2D eigenvalue weighted by Crippen LogP contribution is -2.38. The van der Waals surface area contributed by atoms with Crippen molar-refractivity contribution in [1.29, 1.82) is 0 Å². The first-order valence-electron chi connectivity index (χ1n) is 6.30. The molecule has 100 valence electrons. The highest BCUT2D eigenvalue weighted by molar-refractivity contribution is 9.10. The van der Waals surface area contributed by atoms with E-state index in [0.29, 0.717) is 0 Å². The third kappa shape index (κ3) is 2.87. The van der Waals surface area contributed by atoms with Gasteiger partial charge >= 0.3 is 0 Å². The molecule has 0 aromatic heterocycles. The molecule has 2 unspecified atom stereocenters. The largest absolute Gasteiger partial charge is 0.493 e. The molecule has 18 heavy (non-hydrogen) atoms. The van der Waals surface area contributed by atoms with E-state index in [2.05, 4.69) is 40.3 Å². The van der Waals surface area contributed by atoms with Gasteiger partial charge in [-0.25, -0.2) is 0 Å². The standard InChI is InChI=1S/C14H20BrNO2/c1-9(17-3)13(16-2)8-11-7-12(15)6-10-4-5-18-14(10)11/h6-7,9,13,16H,4-5,8H2,1-3H3. The van der Waals surface area contributed by atoms with Crippen LogP contribution in [0.15, 0.2) is 16.6 Å². The van der Waals surface area contributed by atoms with Crippen LogP contribution >= 0.6 is 15.9 Å². The second-order valence-electron chi connectivity index (χ2n) is 4.69. The van der Waals surface area contributed by atoms with Crippen molar-refractivity contribution in [1.82, 2.24) is 5.32 Å². The molecule has 4 heteroatoms. The van der Waals surface area contributed by atoms with Gasteiger partial charge in [-0.05, 0) is 43.7 Å². The second-order valence-corrected chi connectivity index (χ2v) is 5.61. The summed E-state index contributed by atoms with van der Waals surface area (Å²) in [7, 11) is 3.72. The lowest BCUT2D eigenvalue weighted by atomic mass is 9.99. The molecule has 0 spiro atoms. The number of methoxy groups -OCH3 is 1. The minimum absolute atomic E-state index is 0.172. The maximum atomic E-state index is 5.75. The molecule has 0 bridgehead atoms. The summed E-state index contributed by atoms with van der Waals surface area (Å²) in [6, 6.07) is 4.59. The monoisotopic (exact) mass is 313 g/mol. The van der Waals surface area contributed by atoms with Crippen molar-refractivity contribution < 1.29 is 9.47 Å². The van der Waals surface area contributed by atoms with Gasteiger partial charge in [0.2, 0.25) is 0 Å². The first kappa shape index (κ1) is 13.8. The molecule has 0 saturated carbocycles. The molecule has 1 aliphatic rings. The van der Waals surface area contributed by atoms with Crippen molar-refractivity contribution >= 4 is 15.9 Å². The number of halogens is 1. The van der Waals surface area contributed by atoms with Gasteiger partial charge in [0.25, 0.3) is 0 Å². The Morgan fingerprint density at radius 3 is 2.94 bits per heavy atom. The summed E-state index contributed by atoms with van der Waals surface area (Å²) in [5, 5.41) is 3.32. The minimum Gasteiger partial charge on any atom is -0.493 e. The number of likely N-dealkylation sites (N-methyl/N-ethyl adjacent to an activating group) is 1. The zero-order valence-corrected chi connectivity index (χ0v) is 12.7. The molecule has 2 atom stereocenters. The zero-order chi connectivity index (χ0) is 13.1. The maximum absolute atomic E-state index is 5.75. The quantitative estimate of drug-likeness (QED) is 0.906. The molecule has 0 saturated heterocycles. The molecule has 1 aromatic rings. The summed E-state index contributed by atoms with van der Waals surface area (Å²) < 4.78 is 12.3. The van der Waals surface area contributed by atoms with Gasteiger partial charge in [-0.1, -0.05) is 15.9 Å². The molecule has 1 heterocycles. The van der Waals surface area contributed by atoms with Crippen LogP contribution in [-0.2, 0) is 17.6 Å². The second kappa shape index (κ2) is 6.04. The summed E-state index contributed by atoms with van der Waals surface area (Å²) in [4.78, 5) is 0. The number of hydrogen-bond acceptors (Lipinski definition) is 3. The number of rotatable bonds is 5. The van der Waals surface area contributed by atoms with Crippen molar-refractivity contribution in [3.05, 3.63) is 27.7 Å². The molecule has 1 aliphatic heterocycles. The SMILES string of the molecule is CNC(Cc1cc(Br)cc2c1OCC2)C(C)OC. The van der Waals surface area contributed by atoms with Crippen LogP contribution in [0.2, 0.25) is 0 Å². The Hall–Kier alpha value is -0.580. The van der Waals surface area contributed by atoms with E-state index in [-0.39, 0.29) is 12.1 Å². The van der Waals surface area contributed by atoms with Crippen LogP contribution in [0.1, 0.15) is 18.1 Å². The summed E-state index contributed by atoms with van der Waals surface area (Å²) in [5.74, 6) is 1.07. The fourth-order valence-corrected chi connectivity index (χ4v) is 2.95. The molecule has 1 aromatic carbocycles. The predicted octanol–water partition coefficient (Wildman–Crippen LogP) is 2.55. The number of hydrogen-bond donors (Lipinski definition) is 1. The highest BCUT2D eigenvalue weighted by Gasteiger charge is 2.22. The van der Waals surface area contributed by atoms with E-state index in [1.807, 2.05) is 7.05 Å². The van der Waals surface area contributed by atoms with Gasteiger partial charge < -0.3 is 14.8 Å². The van der Waals surface area contributed by atoms with Crippen LogP contribution < -0.4 is 10.1 Å². The molecule has 3 nitrogen and oxygen atoms in total. The van der Waals surface area contributed by atoms with E-state index in [1.54, 1.807) is 7.11 Å². The van der Waals surface area contributed by atoms with Gasteiger partial charge in [0, 0.05) is 24.0 Å². The third-order valence-electron chi connectivity index (χ3n) is 3.57. The first-order chi connectivity index (χ1) is 8.65. The van der Waals surface area contributed by atoms with E-state index in [9.17, 15) is 0 Å². The zero-order valence-electron chi connectivity index (χ0n) is 11.1. The number of benzene rings is 1. The van der Waals surface area contributed by atoms with E-state index in [1.165, 1.54) is 11.1 Å². The van der Waals surface area contributed by atoms with Gasteiger partial charge in [-0.15, -0.1) is 0 Å². The fraction of sp³-hybridized carbons (Fsp3) is 0.571. The van der Waals surface area contributed by atoms with Gasteiger partial charge in [-0.2, -0.15) is 0 Å². The molecule has 1 N–H and O–H groups in total. The molecule has 2 rings (SSSR count). The highest BCUT2D eigenvalue weighted by atomic mass is 79.9. The van der Waals surface area contributed by atoms with Gasteiger partial charge in [0.1, 0.15) is 5.75 Å². The predicted molar refractivity (Wildman–Crippen MR) is 76.4 cm³/mol. The Bertz CT molecular complexity index is 423. The topological polar surface area (TPSA) is 30.5 Å². The lowest BCUT2D eigenvalue weighted by molar-refractivity contribution is 0.0855. The van der Waals surface area contributed by atoms with Crippen molar-refractivity contribution in [2.24, 2.45) is 0 Å². The van der Waals surface area contributed by atoms with Crippen molar-refractivity contribution in [2.75, 3.05) is 20.8 Å². The summed E-state index contributed by atoms with van der Waals surface area (Å²) >= 11 is 3.57. The van der Waals surface area contributed by atoms with Crippen molar-refractivity contribution in [2.45, 2.75) is 31.9 Å². The first-order valence-corrected chi connectivity index (χ1v) is 7.09. The van der Waals surface area contributed by atoms with Gasteiger partial charge in [0.05, 0.1) is 12.7 Å². The molecular formula is C14H20BrNO2. The molecular weight excluding hydrogens is 294 g/mol. The molecule has 0 aliphatic carbocycles. The van der Waals surface area contributed by atoms with Crippen molar-refractivity contribution in [3.8, 4) is 5.75 Å². The van der Waals surface area contributed by atoms with Crippen molar-refractivity contribution in [3.63, 3.8) is 0 Å². The average molecular weight is 314 g/mol. The smallest absolute Gasteiger partial charge is 0.125 e. The van der Waals surface area contributed by atoms with E-state index in [4.69, 9.17) is 9.47 Å². The van der Waals surface area contributed by atoms with Gasteiger partial charge in [-0.3, -0.25) is 0 Å².